The Morgan fingerprint density at radius 2 is 2.00 bits per heavy atom. The van der Waals surface area contributed by atoms with Crippen molar-refractivity contribution in [2.24, 2.45) is 0 Å². The van der Waals surface area contributed by atoms with E-state index in [9.17, 15) is 9.59 Å². The summed E-state index contributed by atoms with van der Waals surface area (Å²) in [6, 6.07) is 4.94. The molecule has 116 valence electrons. The first-order valence-electron chi connectivity index (χ1n) is 6.65. The van der Waals surface area contributed by atoms with Gasteiger partial charge < -0.3 is 10.1 Å². The first-order chi connectivity index (χ1) is 9.82. The summed E-state index contributed by atoms with van der Waals surface area (Å²) >= 11 is 11.9. The molecule has 0 aliphatic carbocycles. The number of benzene rings is 1. The average molecular weight is 332 g/mol. The van der Waals surface area contributed by atoms with Gasteiger partial charge in [0.2, 0.25) is 5.91 Å². The largest absolute Gasteiger partial charge is 0.467 e. The van der Waals surface area contributed by atoms with E-state index in [0.29, 0.717) is 22.0 Å². The third-order valence-corrected chi connectivity index (χ3v) is 3.75. The minimum Gasteiger partial charge on any atom is -0.467 e. The fraction of sp³-hybridized carbons (Fsp3) is 0.467. The van der Waals surface area contributed by atoms with E-state index in [4.69, 9.17) is 27.9 Å². The Morgan fingerprint density at radius 3 is 2.52 bits per heavy atom. The van der Waals surface area contributed by atoms with Crippen LogP contribution in [0.25, 0.3) is 0 Å². The first kappa shape index (κ1) is 17.8. The Balaban J connectivity index is 2.81. The summed E-state index contributed by atoms with van der Waals surface area (Å²) in [6.07, 6.45) is 1.32. The van der Waals surface area contributed by atoms with Crippen LogP contribution in [0.4, 0.5) is 0 Å². The van der Waals surface area contributed by atoms with Crippen molar-refractivity contribution in [2.45, 2.75) is 38.6 Å². The van der Waals surface area contributed by atoms with Crippen molar-refractivity contribution in [1.29, 1.82) is 0 Å². The van der Waals surface area contributed by atoms with Crippen molar-refractivity contribution in [3.63, 3.8) is 0 Å². The highest BCUT2D eigenvalue weighted by Crippen LogP contribution is 2.22. The van der Waals surface area contributed by atoms with E-state index in [2.05, 4.69) is 5.32 Å². The number of ether oxygens (including phenoxy) is 1. The second kappa shape index (κ2) is 7.66. The predicted molar refractivity (Wildman–Crippen MR) is 83.6 cm³/mol. The van der Waals surface area contributed by atoms with Crippen molar-refractivity contribution in [3.05, 3.63) is 33.8 Å². The zero-order valence-corrected chi connectivity index (χ0v) is 13.8. The molecule has 1 amide bonds. The van der Waals surface area contributed by atoms with Crippen LogP contribution in [0.3, 0.4) is 0 Å². The molecule has 1 unspecified atom stereocenters. The van der Waals surface area contributed by atoms with Gasteiger partial charge in [-0.3, -0.25) is 4.79 Å². The molecule has 1 aromatic rings. The molecule has 0 fully saturated rings. The van der Waals surface area contributed by atoms with Gasteiger partial charge in [-0.1, -0.05) is 42.6 Å². The molecule has 0 spiro atoms. The van der Waals surface area contributed by atoms with E-state index in [1.165, 1.54) is 7.11 Å². The van der Waals surface area contributed by atoms with Crippen LogP contribution in [-0.2, 0) is 20.7 Å². The molecule has 0 aliphatic rings. The molecule has 0 saturated heterocycles. The van der Waals surface area contributed by atoms with Crippen LogP contribution in [0.1, 0.15) is 32.3 Å². The maximum atomic E-state index is 12.1. The van der Waals surface area contributed by atoms with Crippen molar-refractivity contribution in [3.8, 4) is 0 Å². The zero-order chi connectivity index (χ0) is 16.0. The Hall–Kier alpha value is -1.26. The van der Waals surface area contributed by atoms with Crippen molar-refractivity contribution in [1.82, 2.24) is 5.32 Å². The van der Waals surface area contributed by atoms with Gasteiger partial charge in [-0.2, -0.15) is 0 Å². The van der Waals surface area contributed by atoms with Crippen LogP contribution in [0.15, 0.2) is 18.2 Å². The highest BCUT2D eigenvalue weighted by Gasteiger charge is 2.35. The molecule has 0 radical (unpaired) electrons. The summed E-state index contributed by atoms with van der Waals surface area (Å²) in [5, 5.41) is 3.66. The van der Waals surface area contributed by atoms with Gasteiger partial charge in [-0.25, -0.2) is 4.79 Å². The van der Waals surface area contributed by atoms with Gasteiger partial charge in [0.25, 0.3) is 0 Å². The number of carbonyl (C=O) groups excluding carboxylic acids is 2. The topological polar surface area (TPSA) is 55.4 Å². The second-order valence-corrected chi connectivity index (χ2v) is 5.88. The van der Waals surface area contributed by atoms with Gasteiger partial charge in [0, 0.05) is 10.0 Å². The maximum absolute atomic E-state index is 12.1. The number of carbonyl (C=O) groups is 2. The molecule has 6 heteroatoms. The summed E-state index contributed by atoms with van der Waals surface area (Å²) < 4.78 is 4.76. The van der Waals surface area contributed by atoms with Crippen LogP contribution in [0.2, 0.25) is 10.0 Å². The van der Waals surface area contributed by atoms with Crippen LogP contribution in [0.5, 0.6) is 0 Å². The number of rotatable bonds is 6. The van der Waals surface area contributed by atoms with Crippen molar-refractivity contribution >= 4 is 35.1 Å². The summed E-state index contributed by atoms with van der Waals surface area (Å²) in [4.78, 5) is 24.0. The summed E-state index contributed by atoms with van der Waals surface area (Å²) in [6.45, 7) is 3.59. The molecule has 0 heterocycles. The Morgan fingerprint density at radius 1 is 1.33 bits per heavy atom. The average Bonchev–Trinajstić information content (AvgIpc) is 2.41. The molecule has 1 rings (SSSR count). The number of esters is 1. The summed E-state index contributed by atoms with van der Waals surface area (Å²) in [5.74, 6) is -0.750. The molecule has 21 heavy (non-hydrogen) atoms. The molecule has 0 bridgehead atoms. The number of halogens is 2. The van der Waals surface area contributed by atoms with Crippen molar-refractivity contribution < 1.29 is 14.3 Å². The Bertz CT molecular complexity index is 534. The molecule has 0 aliphatic heterocycles. The fourth-order valence-corrected chi connectivity index (χ4v) is 2.61. The molecule has 1 atom stereocenters. The lowest BCUT2D eigenvalue weighted by Gasteiger charge is -2.27. The minimum atomic E-state index is -1.03. The normalized spacial score (nSPS) is 13.4. The highest BCUT2D eigenvalue weighted by atomic mass is 35.5. The second-order valence-electron chi connectivity index (χ2n) is 5.03. The van der Waals surface area contributed by atoms with E-state index in [-0.39, 0.29) is 12.3 Å². The van der Waals surface area contributed by atoms with Gasteiger partial charge >= 0.3 is 5.97 Å². The van der Waals surface area contributed by atoms with Crippen molar-refractivity contribution in [2.75, 3.05) is 7.11 Å². The quantitative estimate of drug-likeness (QED) is 0.813. The zero-order valence-electron chi connectivity index (χ0n) is 12.3. The monoisotopic (exact) mass is 331 g/mol. The first-order valence-corrected chi connectivity index (χ1v) is 7.41. The lowest BCUT2D eigenvalue weighted by Crippen LogP contribution is -2.53. The standard InChI is InChI=1S/C15H19Cl2NO3/c1-4-7-15(2,14(20)21-3)18-13(19)8-10-5-6-11(16)9-12(10)17/h5-6,9H,4,7-8H2,1-3H3,(H,18,19). The Labute approximate surface area is 134 Å². The highest BCUT2D eigenvalue weighted by molar-refractivity contribution is 6.35. The van der Waals surface area contributed by atoms with Gasteiger partial charge in [-0.15, -0.1) is 0 Å². The smallest absolute Gasteiger partial charge is 0.331 e. The maximum Gasteiger partial charge on any atom is 0.331 e. The van der Waals surface area contributed by atoms with Crippen LogP contribution >= 0.6 is 23.2 Å². The number of nitrogens with one attached hydrogen (secondary N) is 1. The van der Waals surface area contributed by atoms with Gasteiger partial charge in [0.15, 0.2) is 0 Å². The predicted octanol–water partition coefficient (Wildman–Crippen LogP) is 3.38. The van der Waals surface area contributed by atoms with Gasteiger partial charge in [0.05, 0.1) is 13.5 Å². The summed E-state index contributed by atoms with van der Waals surface area (Å²) in [5.41, 5.74) is -0.373. The van der Waals surface area contributed by atoms with E-state index in [0.717, 1.165) is 6.42 Å². The van der Waals surface area contributed by atoms with E-state index in [1.807, 2.05) is 6.92 Å². The number of amides is 1. The molecule has 4 nitrogen and oxygen atoms in total. The van der Waals surface area contributed by atoms with E-state index in [1.54, 1.807) is 25.1 Å². The minimum absolute atomic E-state index is 0.0757. The Kier molecular flexibility index (Phi) is 6.49. The van der Waals surface area contributed by atoms with Crippen LogP contribution in [0, 0.1) is 0 Å². The SMILES string of the molecule is CCCC(C)(NC(=O)Cc1ccc(Cl)cc1Cl)C(=O)OC. The molecular weight excluding hydrogens is 313 g/mol. The molecule has 1 aromatic carbocycles. The molecule has 0 saturated carbocycles. The summed E-state index contributed by atoms with van der Waals surface area (Å²) in [7, 11) is 1.30. The molecule has 0 aromatic heterocycles. The third kappa shape index (κ3) is 4.90. The lowest BCUT2D eigenvalue weighted by atomic mass is 9.95. The fourth-order valence-electron chi connectivity index (χ4n) is 2.13. The van der Waals surface area contributed by atoms with Crippen LogP contribution < -0.4 is 5.32 Å². The van der Waals surface area contributed by atoms with E-state index < -0.39 is 11.5 Å². The van der Waals surface area contributed by atoms with E-state index >= 15 is 0 Å². The van der Waals surface area contributed by atoms with Gasteiger partial charge in [0.1, 0.15) is 5.54 Å². The number of hydrogen-bond acceptors (Lipinski definition) is 3. The third-order valence-electron chi connectivity index (χ3n) is 3.17. The number of methoxy groups -OCH3 is 1. The van der Waals surface area contributed by atoms with Crippen LogP contribution in [-0.4, -0.2) is 24.5 Å². The lowest BCUT2D eigenvalue weighted by molar-refractivity contribution is -0.150. The molecule has 1 N–H and O–H groups in total. The van der Waals surface area contributed by atoms with Gasteiger partial charge in [-0.05, 0) is 31.0 Å². The molecular formula is C15H19Cl2NO3. The number of hydrogen-bond donors (Lipinski definition) is 1.